The Labute approximate surface area is 214 Å². The molecule has 0 aromatic heterocycles. The maximum Gasteiger partial charge on any atom is 0.449 e. The molecule has 0 spiro atoms. The first-order valence-electron chi connectivity index (χ1n) is 13.5. The molecule has 5 nitrogen and oxygen atoms in total. The number of Topliss-reactive ketones (excluding diaryl/α,β-unsaturated/α-hetero) is 1. The molecule has 0 amide bonds. The number of hydrogen-bond acceptors (Lipinski definition) is 4. The number of carbonyl (C=O) groups excluding carboxylic acids is 1. The summed E-state index contributed by atoms with van der Waals surface area (Å²) >= 11 is 0. The summed E-state index contributed by atoms with van der Waals surface area (Å²) in [5, 5.41) is 9.61. The van der Waals surface area contributed by atoms with Gasteiger partial charge in [0.25, 0.3) is 0 Å². The summed E-state index contributed by atoms with van der Waals surface area (Å²) in [5.74, 6) is -2.00. The molecule has 0 aliphatic heterocycles. The normalized spacial score (nSPS) is 12.6. The van der Waals surface area contributed by atoms with Crippen LogP contribution in [-0.4, -0.2) is 53.7 Å². The summed E-state index contributed by atoms with van der Waals surface area (Å²) in [6, 6.07) is 6.06. The van der Waals surface area contributed by atoms with Gasteiger partial charge < -0.3 is 9.84 Å². The number of benzene rings is 1. The molecule has 1 atom stereocenters. The molecule has 1 aromatic carbocycles. The fraction of sp³-hybridized carbons (Fsp3) is 0.714. The van der Waals surface area contributed by atoms with Gasteiger partial charge in [-0.25, -0.2) is 0 Å². The van der Waals surface area contributed by atoms with Crippen LogP contribution in [0.4, 0.5) is 13.2 Å². The molecule has 36 heavy (non-hydrogen) atoms. The maximum absolute atomic E-state index is 12.3. The molecule has 8 heteroatoms. The molecule has 1 rings (SSSR count). The molecule has 0 aliphatic carbocycles. The number of hydrogen-bond donors (Lipinski definition) is 1. The van der Waals surface area contributed by atoms with Crippen LogP contribution in [0.1, 0.15) is 96.5 Å². The number of carboxylic acid groups (broad SMARTS) is 1. The Balaban J connectivity index is 2.40. The van der Waals surface area contributed by atoms with Crippen molar-refractivity contribution in [1.82, 2.24) is 4.90 Å². The van der Waals surface area contributed by atoms with Crippen LogP contribution in [0.25, 0.3) is 0 Å². The zero-order valence-electron chi connectivity index (χ0n) is 22.0. The minimum Gasteiger partial charge on any atom is -0.492 e. The van der Waals surface area contributed by atoms with E-state index in [-0.39, 0.29) is 6.42 Å². The number of nitrogens with zero attached hydrogens (tertiary/aromatic N) is 1. The minimum atomic E-state index is -4.80. The molecular weight excluding hydrogens is 471 g/mol. The van der Waals surface area contributed by atoms with E-state index < -0.39 is 30.4 Å². The molecular formula is C28H44F3NO4. The van der Waals surface area contributed by atoms with E-state index in [0.29, 0.717) is 37.4 Å². The molecule has 1 N–H and O–H groups in total. The summed E-state index contributed by atoms with van der Waals surface area (Å²) in [6.45, 7) is 5.58. The molecule has 0 saturated carbocycles. The topological polar surface area (TPSA) is 66.8 Å². The number of halogens is 3. The predicted molar refractivity (Wildman–Crippen MR) is 136 cm³/mol. The summed E-state index contributed by atoms with van der Waals surface area (Å²) in [6.07, 6.45) is 7.38. The molecule has 0 saturated heterocycles. The Morgan fingerprint density at radius 1 is 0.889 bits per heavy atom. The molecule has 1 aromatic rings. The van der Waals surface area contributed by atoms with Crippen LogP contribution in [0.5, 0.6) is 5.75 Å². The van der Waals surface area contributed by atoms with Gasteiger partial charge in [0, 0.05) is 13.0 Å². The largest absolute Gasteiger partial charge is 0.492 e. The zero-order valence-corrected chi connectivity index (χ0v) is 22.0. The van der Waals surface area contributed by atoms with Crippen molar-refractivity contribution in [1.29, 1.82) is 0 Å². The van der Waals surface area contributed by atoms with Crippen LogP contribution in [-0.2, 0) is 16.0 Å². The summed E-state index contributed by atoms with van der Waals surface area (Å²) in [5.41, 5.74) is 0.625. The fourth-order valence-electron chi connectivity index (χ4n) is 4.25. The molecule has 0 aliphatic rings. The SMILES string of the molecule is CCCCCCCCCCCCN(CCOc1ccc(CCC(=O)C(F)(F)F)cc1)C(CC)C(=O)O. The Hall–Kier alpha value is -2.09. The average Bonchev–Trinajstić information content (AvgIpc) is 2.83. The van der Waals surface area contributed by atoms with Gasteiger partial charge in [0.2, 0.25) is 5.78 Å². The van der Waals surface area contributed by atoms with Crippen molar-refractivity contribution in [3.05, 3.63) is 29.8 Å². The van der Waals surface area contributed by atoms with Crippen LogP contribution < -0.4 is 4.74 Å². The first-order valence-corrected chi connectivity index (χ1v) is 13.5. The van der Waals surface area contributed by atoms with E-state index in [9.17, 15) is 27.9 Å². The molecule has 1 unspecified atom stereocenters. The van der Waals surface area contributed by atoms with Crippen LogP contribution >= 0.6 is 0 Å². The second-order valence-electron chi connectivity index (χ2n) is 9.39. The smallest absolute Gasteiger partial charge is 0.449 e. The number of ketones is 1. The summed E-state index contributed by atoms with van der Waals surface area (Å²) in [7, 11) is 0. The Morgan fingerprint density at radius 3 is 1.94 bits per heavy atom. The van der Waals surface area contributed by atoms with Gasteiger partial charge in [-0.3, -0.25) is 14.5 Å². The van der Waals surface area contributed by atoms with Crippen LogP contribution in [0.3, 0.4) is 0 Å². The first kappa shape index (κ1) is 31.9. The number of alkyl halides is 3. The van der Waals surface area contributed by atoms with E-state index in [1.54, 1.807) is 24.3 Å². The maximum atomic E-state index is 12.3. The second-order valence-corrected chi connectivity index (χ2v) is 9.39. The van der Waals surface area contributed by atoms with Crippen LogP contribution in [0.15, 0.2) is 24.3 Å². The van der Waals surface area contributed by atoms with Crippen molar-refractivity contribution in [3.63, 3.8) is 0 Å². The van der Waals surface area contributed by atoms with E-state index in [2.05, 4.69) is 6.92 Å². The molecule has 0 heterocycles. The van der Waals surface area contributed by atoms with Gasteiger partial charge >= 0.3 is 12.1 Å². The lowest BCUT2D eigenvalue weighted by molar-refractivity contribution is -0.171. The monoisotopic (exact) mass is 515 g/mol. The fourth-order valence-corrected chi connectivity index (χ4v) is 4.25. The van der Waals surface area contributed by atoms with Gasteiger partial charge in [-0.2, -0.15) is 13.2 Å². The second kappa shape index (κ2) is 18.2. The Kier molecular flexibility index (Phi) is 16.1. The van der Waals surface area contributed by atoms with E-state index >= 15 is 0 Å². The van der Waals surface area contributed by atoms with Crippen LogP contribution in [0.2, 0.25) is 0 Å². The molecule has 206 valence electrons. The number of unbranched alkanes of at least 4 members (excludes halogenated alkanes) is 9. The lowest BCUT2D eigenvalue weighted by Gasteiger charge is -2.28. The van der Waals surface area contributed by atoms with E-state index in [1.807, 2.05) is 11.8 Å². The van der Waals surface area contributed by atoms with Crippen molar-refractivity contribution < 1.29 is 32.6 Å². The van der Waals surface area contributed by atoms with Crippen LogP contribution in [0, 0.1) is 0 Å². The highest BCUT2D eigenvalue weighted by Crippen LogP contribution is 2.20. The van der Waals surface area contributed by atoms with E-state index in [0.717, 1.165) is 12.8 Å². The highest BCUT2D eigenvalue weighted by Gasteiger charge is 2.37. The van der Waals surface area contributed by atoms with Crippen molar-refractivity contribution >= 4 is 11.8 Å². The van der Waals surface area contributed by atoms with Crippen molar-refractivity contribution in [2.24, 2.45) is 0 Å². The number of carboxylic acids is 1. The molecule has 0 radical (unpaired) electrons. The van der Waals surface area contributed by atoms with Gasteiger partial charge in [0.05, 0.1) is 0 Å². The van der Waals surface area contributed by atoms with Gasteiger partial charge in [0.15, 0.2) is 0 Å². The predicted octanol–water partition coefficient (Wildman–Crippen LogP) is 7.22. The average molecular weight is 516 g/mol. The third kappa shape index (κ3) is 13.9. The lowest BCUT2D eigenvalue weighted by Crippen LogP contribution is -2.43. The zero-order chi connectivity index (χ0) is 26.8. The first-order chi connectivity index (χ1) is 17.2. The van der Waals surface area contributed by atoms with Gasteiger partial charge in [-0.1, -0.05) is 83.8 Å². The minimum absolute atomic E-state index is 0.0159. The number of aryl methyl sites for hydroxylation is 1. The van der Waals surface area contributed by atoms with Gasteiger partial charge in [-0.15, -0.1) is 0 Å². The van der Waals surface area contributed by atoms with Gasteiger partial charge in [-0.05, 0) is 43.5 Å². The van der Waals surface area contributed by atoms with E-state index in [1.165, 1.54) is 51.4 Å². The number of carbonyl (C=O) groups is 2. The van der Waals surface area contributed by atoms with Crippen molar-refractivity contribution in [2.75, 3.05) is 19.7 Å². The lowest BCUT2D eigenvalue weighted by atomic mass is 10.1. The molecule has 0 bridgehead atoms. The highest BCUT2D eigenvalue weighted by molar-refractivity contribution is 5.84. The van der Waals surface area contributed by atoms with Crippen molar-refractivity contribution in [3.8, 4) is 5.75 Å². The molecule has 0 fully saturated rings. The van der Waals surface area contributed by atoms with E-state index in [4.69, 9.17) is 4.74 Å². The highest BCUT2D eigenvalue weighted by atomic mass is 19.4. The van der Waals surface area contributed by atoms with Crippen molar-refractivity contribution in [2.45, 2.75) is 110 Å². The Morgan fingerprint density at radius 2 is 1.44 bits per heavy atom. The Bertz CT molecular complexity index is 737. The standard InChI is InChI=1S/C28H44F3NO4/c1-3-5-6-7-8-9-10-11-12-13-20-32(25(4-2)27(34)35)21-22-36-24-17-14-23(15-18-24)16-19-26(33)28(29,30)31/h14-15,17-18,25H,3-13,16,19-22H2,1-2H3,(H,34,35). The number of rotatable bonds is 21. The quantitative estimate of drug-likeness (QED) is 0.175. The summed E-state index contributed by atoms with van der Waals surface area (Å²) in [4.78, 5) is 24.7. The number of aliphatic carboxylic acids is 1. The third-order valence-corrected chi connectivity index (χ3v) is 6.44. The number of ether oxygens (including phenoxy) is 1. The van der Waals surface area contributed by atoms with Gasteiger partial charge in [0.1, 0.15) is 18.4 Å². The summed E-state index contributed by atoms with van der Waals surface area (Å²) < 4.78 is 42.8. The third-order valence-electron chi connectivity index (χ3n) is 6.44.